The summed E-state index contributed by atoms with van der Waals surface area (Å²) in [6.07, 6.45) is 7.37. The van der Waals surface area contributed by atoms with E-state index in [4.69, 9.17) is 14.5 Å². The van der Waals surface area contributed by atoms with Gasteiger partial charge >= 0.3 is 0 Å². The van der Waals surface area contributed by atoms with Gasteiger partial charge in [-0.1, -0.05) is 18.2 Å². The number of anilines is 2. The maximum Gasteiger partial charge on any atom is 0.162 e. The van der Waals surface area contributed by atoms with E-state index in [0.29, 0.717) is 11.5 Å². The van der Waals surface area contributed by atoms with E-state index in [1.54, 1.807) is 26.6 Å². The summed E-state index contributed by atoms with van der Waals surface area (Å²) in [7, 11) is 3.25. The van der Waals surface area contributed by atoms with E-state index in [1.807, 2.05) is 47.1 Å². The maximum absolute atomic E-state index is 5.44. The number of H-pyrrole nitrogens is 1. The molecule has 5 rings (SSSR count). The average Bonchev–Trinajstić information content (AvgIpc) is 3.35. The molecular weight excluding hydrogens is 366 g/mol. The third kappa shape index (κ3) is 2.84. The van der Waals surface area contributed by atoms with E-state index in [0.717, 1.165) is 39.3 Å². The number of nitrogens with zero attached hydrogens (tertiary/aromatic N) is 3. The van der Waals surface area contributed by atoms with E-state index in [9.17, 15) is 0 Å². The van der Waals surface area contributed by atoms with Gasteiger partial charge in [0.05, 0.1) is 20.4 Å². The zero-order valence-electron chi connectivity index (χ0n) is 16.0. The molecule has 29 heavy (non-hydrogen) atoms. The number of aromatic nitrogens is 4. The second kappa shape index (κ2) is 6.87. The zero-order chi connectivity index (χ0) is 19.8. The van der Waals surface area contributed by atoms with Gasteiger partial charge in [0.2, 0.25) is 0 Å². The van der Waals surface area contributed by atoms with Crippen LogP contribution in [0.1, 0.15) is 0 Å². The molecule has 7 nitrogen and oxygen atoms in total. The van der Waals surface area contributed by atoms with E-state index in [2.05, 4.69) is 27.4 Å². The van der Waals surface area contributed by atoms with Gasteiger partial charge in [0, 0.05) is 46.8 Å². The van der Waals surface area contributed by atoms with Gasteiger partial charge in [-0.05, 0) is 18.2 Å². The van der Waals surface area contributed by atoms with Crippen molar-refractivity contribution in [2.75, 3.05) is 19.5 Å². The number of fused-ring (bicyclic) bond motifs is 2. The molecule has 0 fully saturated rings. The van der Waals surface area contributed by atoms with Crippen molar-refractivity contribution >= 4 is 28.1 Å². The van der Waals surface area contributed by atoms with E-state index in [1.165, 1.54) is 0 Å². The summed E-state index contributed by atoms with van der Waals surface area (Å²) < 4.78 is 12.8. The van der Waals surface area contributed by atoms with Crippen LogP contribution < -0.4 is 14.8 Å². The lowest BCUT2D eigenvalue weighted by Gasteiger charge is -2.12. The molecule has 0 aliphatic carbocycles. The molecule has 144 valence electrons. The second-order valence-corrected chi connectivity index (χ2v) is 6.56. The van der Waals surface area contributed by atoms with E-state index >= 15 is 0 Å². The molecule has 0 unspecified atom stereocenters. The summed E-state index contributed by atoms with van der Waals surface area (Å²) in [6.45, 7) is 0. The minimum Gasteiger partial charge on any atom is -0.493 e. The predicted octanol–water partition coefficient (Wildman–Crippen LogP) is 4.64. The Kier molecular flexibility index (Phi) is 4.05. The minimum atomic E-state index is 0.654. The van der Waals surface area contributed by atoms with Gasteiger partial charge in [-0.2, -0.15) is 0 Å². The molecule has 3 heterocycles. The molecule has 3 aromatic heterocycles. The Morgan fingerprint density at radius 2 is 1.90 bits per heavy atom. The highest BCUT2D eigenvalue weighted by Crippen LogP contribution is 2.37. The van der Waals surface area contributed by atoms with Gasteiger partial charge < -0.3 is 19.8 Å². The van der Waals surface area contributed by atoms with Gasteiger partial charge in [-0.15, -0.1) is 0 Å². The van der Waals surface area contributed by atoms with Gasteiger partial charge in [0.25, 0.3) is 0 Å². The van der Waals surface area contributed by atoms with Gasteiger partial charge in [-0.25, -0.2) is 4.98 Å². The molecule has 0 saturated carbocycles. The molecule has 7 heteroatoms. The van der Waals surface area contributed by atoms with Crippen LogP contribution >= 0.6 is 0 Å². The molecule has 0 aliphatic heterocycles. The summed E-state index contributed by atoms with van der Waals surface area (Å²) in [5, 5.41) is 4.61. The standard InChI is InChI=1S/C22H19N5O2/c1-28-18-8-7-14(11-19(18)29-2)25-22-21(26-20-13-23-9-10-27(20)22)16-12-24-17-6-4-3-5-15(16)17/h3-13,24-25H,1-2H3. The Bertz CT molecular complexity index is 1320. The largest absolute Gasteiger partial charge is 0.493 e. The minimum absolute atomic E-state index is 0.654. The Balaban J connectivity index is 1.68. The van der Waals surface area contributed by atoms with Crippen LogP contribution in [0, 0.1) is 0 Å². The molecule has 0 amide bonds. The number of hydrogen-bond acceptors (Lipinski definition) is 5. The van der Waals surface area contributed by atoms with Crippen molar-refractivity contribution in [3.8, 4) is 22.8 Å². The summed E-state index contributed by atoms with van der Waals surface area (Å²) in [5.41, 5.74) is 4.55. The summed E-state index contributed by atoms with van der Waals surface area (Å²) in [5.74, 6) is 2.18. The van der Waals surface area contributed by atoms with Crippen molar-refractivity contribution in [3.63, 3.8) is 0 Å². The first-order valence-corrected chi connectivity index (χ1v) is 9.16. The third-order valence-electron chi connectivity index (χ3n) is 4.92. The summed E-state index contributed by atoms with van der Waals surface area (Å²) >= 11 is 0. The van der Waals surface area contributed by atoms with Crippen LogP contribution in [0.25, 0.3) is 27.8 Å². The van der Waals surface area contributed by atoms with Crippen molar-refractivity contribution in [2.45, 2.75) is 0 Å². The van der Waals surface area contributed by atoms with Crippen LogP contribution in [0.15, 0.2) is 67.3 Å². The lowest BCUT2D eigenvalue weighted by atomic mass is 10.1. The van der Waals surface area contributed by atoms with Crippen molar-refractivity contribution in [2.24, 2.45) is 0 Å². The van der Waals surface area contributed by atoms with Gasteiger partial charge in [-0.3, -0.25) is 9.38 Å². The monoisotopic (exact) mass is 385 g/mol. The van der Waals surface area contributed by atoms with Crippen molar-refractivity contribution in [1.82, 2.24) is 19.4 Å². The quantitative estimate of drug-likeness (QED) is 0.461. The summed E-state index contributed by atoms with van der Waals surface area (Å²) in [4.78, 5) is 12.4. The Hall–Kier alpha value is -4.00. The van der Waals surface area contributed by atoms with Crippen LogP contribution in [0.5, 0.6) is 11.5 Å². The highest BCUT2D eigenvalue weighted by Gasteiger charge is 2.18. The number of para-hydroxylation sites is 1. The van der Waals surface area contributed by atoms with Gasteiger partial charge in [0.15, 0.2) is 17.1 Å². The number of methoxy groups -OCH3 is 2. The maximum atomic E-state index is 5.44. The zero-order valence-corrected chi connectivity index (χ0v) is 16.0. The molecule has 2 N–H and O–H groups in total. The third-order valence-corrected chi connectivity index (χ3v) is 4.92. The topological polar surface area (TPSA) is 76.5 Å². The second-order valence-electron chi connectivity index (χ2n) is 6.56. The smallest absolute Gasteiger partial charge is 0.162 e. The molecule has 0 atom stereocenters. The Morgan fingerprint density at radius 3 is 2.76 bits per heavy atom. The number of benzene rings is 2. The van der Waals surface area contributed by atoms with Crippen molar-refractivity contribution in [1.29, 1.82) is 0 Å². The highest BCUT2D eigenvalue weighted by molar-refractivity contribution is 5.98. The normalized spacial score (nSPS) is 11.1. The molecular formula is C22H19N5O2. The SMILES string of the molecule is COc1ccc(Nc2c(-c3c[nH]c4ccccc34)nc3cnccn23)cc1OC. The van der Waals surface area contributed by atoms with Crippen LogP contribution in [0.4, 0.5) is 11.5 Å². The number of imidazole rings is 1. The van der Waals surface area contributed by atoms with E-state index < -0.39 is 0 Å². The van der Waals surface area contributed by atoms with Crippen LogP contribution in [-0.4, -0.2) is 33.6 Å². The first kappa shape index (κ1) is 17.1. The van der Waals surface area contributed by atoms with Crippen molar-refractivity contribution < 1.29 is 9.47 Å². The molecule has 0 aliphatic rings. The number of hydrogen-bond donors (Lipinski definition) is 2. The fourth-order valence-electron chi connectivity index (χ4n) is 3.53. The average molecular weight is 385 g/mol. The Morgan fingerprint density at radius 1 is 1.03 bits per heavy atom. The fraction of sp³-hybridized carbons (Fsp3) is 0.0909. The number of nitrogens with one attached hydrogen (secondary N) is 2. The molecule has 0 saturated heterocycles. The molecule has 2 aromatic carbocycles. The fourth-order valence-corrected chi connectivity index (χ4v) is 3.53. The highest BCUT2D eigenvalue weighted by atomic mass is 16.5. The van der Waals surface area contributed by atoms with Crippen molar-refractivity contribution in [3.05, 3.63) is 67.3 Å². The molecule has 5 aromatic rings. The number of rotatable bonds is 5. The predicted molar refractivity (Wildman–Crippen MR) is 113 cm³/mol. The molecule has 0 spiro atoms. The van der Waals surface area contributed by atoms with Crippen LogP contribution in [0.2, 0.25) is 0 Å². The van der Waals surface area contributed by atoms with Gasteiger partial charge in [0.1, 0.15) is 11.5 Å². The first-order chi connectivity index (χ1) is 14.3. The van der Waals surface area contributed by atoms with Crippen LogP contribution in [0.3, 0.4) is 0 Å². The van der Waals surface area contributed by atoms with Crippen LogP contribution in [-0.2, 0) is 0 Å². The number of ether oxygens (including phenoxy) is 2. The molecule has 0 bridgehead atoms. The lowest BCUT2D eigenvalue weighted by Crippen LogP contribution is -1.98. The number of aromatic amines is 1. The Labute approximate surface area is 167 Å². The first-order valence-electron chi connectivity index (χ1n) is 9.16. The molecule has 0 radical (unpaired) electrons. The summed E-state index contributed by atoms with van der Waals surface area (Å²) in [6, 6.07) is 13.9. The lowest BCUT2D eigenvalue weighted by molar-refractivity contribution is 0.355. The van der Waals surface area contributed by atoms with E-state index in [-0.39, 0.29) is 0 Å².